The van der Waals surface area contributed by atoms with Gasteiger partial charge < -0.3 is 5.32 Å². The van der Waals surface area contributed by atoms with Crippen LogP contribution in [0, 0.1) is 5.92 Å². The van der Waals surface area contributed by atoms with Gasteiger partial charge in [-0.3, -0.25) is 4.79 Å². The molecule has 0 bridgehead atoms. The molecule has 0 fully saturated rings. The highest BCUT2D eigenvalue weighted by molar-refractivity contribution is 6.30. The van der Waals surface area contributed by atoms with Gasteiger partial charge in [-0.05, 0) is 54.0 Å². The summed E-state index contributed by atoms with van der Waals surface area (Å²) in [6.07, 6.45) is 3.23. The standard InChI is InChI=1S/C21H24ClNO/c1-14(2)20(16-10-12-17(22)13-11-16)21(24)23-19-9-5-7-15-6-3-4-8-18(15)19/h3-4,6,8,10-14,19-20H,5,7,9H2,1-2H3,(H,23,24)/t19-,20+/m0/s1. The van der Waals surface area contributed by atoms with E-state index in [1.54, 1.807) is 0 Å². The summed E-state index contributed by atoms with van der Waals surface area (Å²) in [7, 11) is 0. The molecule has 3 heteroatoms. The summed E-state index contributed by atoms with van der Waals surface area (Å²) in [6, 6.07) is 16.2. The predicted molar refractivity (Wildman–Crippen MR) is 99.3 cm³/mol. The Bertz CT molecular complexity index is 708. The van der Waals surface area contributed by atoms with Crippen LogP contribution in [0.15, 0.2) is 48.5 Å². The Balaban J connectivity index is 1.81. The number of rotatable bonds is 4. The number of benzene rings is 2. The monoisotopic (exact) mass is 341 g/mol. The highest BCUT2D eigenvalue weighted by Crippen LogP contribution is 2.32. The summed E-state index contributed by atoms with van der Waals surface area (Å²) in [5.41, 5.74) is 3.66. The van der Waals surface area contributed by atoms with Crippen molar-refractivity contribution >= 4 is 17.5 Å². The van der Waals surface area contributed by atoms with Gasteiger partial charge in [0.15, 0.2) is 0 Å². The molecule has 126 valence electrons. The van der Waals surface area contributed by atoms with Crippen LogP contribution in [-0.2, 0) is 11.2 Å². The summed E-state index contributed by atoms with van der Waals surface area (Å²) in [5, 5.41) is 3.99. The Kier molecular flexibility index (Phi) is 5.25. The van der Waals surface area contributed by atoms with Crippen molar-refractivity contribution in [1.29, 1.82) is 0 Å². The van der Waals surface area contributed by atoms with E-state index >= 15 is 0 Å². The van der Waals surface area contributed by atoms with Gasteiger partial charge in [0.05, 0.1) is 12.0 Å². The topological polar surface area (TPSA) is 29.1 Å². The molecule has 2 aromatic rings. The number of amides is 1. The fourth-order valence-electron chi connectivity index (χ4n) is 3.67. The van der Waals surface area contributed by atoms with Crippen LogP contribution in [0.25, 0.3) is 0 Å². The van der Waals surface area contributed by atoms with Crippen LogP contribution in [-0.4, -0.2) is 5.91 Å². The fourth-order valence-corrected chi connectivity index (χ4v) is 3.80. The molecule has 0 aliphatic heterocycles. The molecule has 0 spiro atoms. The second kappa shape index (κ2) is 7.40. The molecular weight excluding hydrogens is 318 g/mol. The second-order valence-corrected chi connectivity index (χ2v) is 7.36. The molecule has 1 aliphatic rings. The van der Waals surface area contributed by atoms with Crippen molar-refractivity contribution < 1.29 is 4.79 Å². The molecule has 0 heterocycles. The molecule has 0 radical (unpaired) electrons. The maximum Gasteiger partial charge on any atom is 0.228 e. The van der Waals surface area contributed by atoms with E-state index in [-0.39, 0.29) is 23.8 Å². The van der Waals surface area contributed by atoms with E-state index in [0.29, 0.717) is 5.02 Å². The van der Waals surface area contributed by atoms with Gasteiger partial charge in [0.25, 0.3) is 0 Å². The SMILES string of the molecule is CC(C)[C@@H](C(=O)N[C@H]1CCCc2ccccc21)c1ccc(Cl)cc1. The Morgan fingerprint density at radius 3 is 2.54 bits per heavy atom. The van der Waals surface area contributed by atoms with Crippen LogP contribution in [0.4, 0.5) is 0 Å². The molecular formula is C21H24ClNO. The van der Waals surface area contributed by atoms with E-state index in [1.165, 1.54) is 11.1 Å². The Hall–Kier alpha value is -1.80. The van der Waals surface area contributed by atoms with Crippen molar-refractivity contribution in [1.82, 2.24) is 5.32 Å². The van der Waals surface area contributed by atoms with Gasteiger partial charge in [-0.15, -0.1) is 0 Å². The fraction of sp³-hybridized carbons (Fsp3) is 0.381. The number of hydrogen-bond acceptors (Lipinski definition) is 1. The molecule has 1 aliphatic carbocycles. The number of carbonyl (C=O) groups excluding carboxylic acids is 1. The minimum atomic E-state index is -0.156. The molecule has 0 saturated heterocycles. The first-order valence-electron chi connectivity index (χ1n) is 8.70. The molecule has 0 saturated carbocycles. The third-order valence-corrected chi connectivity index (χ3v) is 5.12. The van der Waals surface area contributed by atoms with Gasteiger partial charge in [-0.2, -0.15) is 0 Å². The highest BCUT2D eigenvalue weighted by Gasteiger charge is 2.28. The van der Waals surface area contributed by atoms with E-state index in [4.69, 9.17) is 11.6 Å². The lowest BCUT2D eigenvalue weighted by molar-refractivity contribution is -0.124. The number of carbonyl (C=O) groups is 1. The van der Waals surface area contributed by atoms with Gasteiger partial charge in [-0.25, -0.2) is 0 Å². The van der Waals surface area contributed by atoms with Crippen LogP contribution in [0.5, 0.6) is 0 Å². The van der Waals surface area contributed by atoms with Crippen molar-refractivity contribution in [2.24, 2.45) is 5.92 Å². The maximum atomic E-state index is 13.0. The van der Waals surface area contributed by atoms with Gasteiger partial charge >= 0.3 is 0 Å². The average Bonchev–Trinajstić information content (AvgIpc) is 2.57. The van der Waals surface area contributed by atoms with Crippen molar-refractivity contribution in [2.45, 2.75) is 45.1 Å². The van der Waals surface area contributed by atoms with Crippen LogP contribution < -0.4 is 5.32 Å². The van der Waals surface area contributed by atoms with E-state index in [2.05, 4.69) is 43.4 Å². The van der Waals surface area contributed by atoms with Gasteiger partial charge in [0, 0.05) is 5.02 Å². The number of aryl methyl sites for hydroxylation is 1. The second-order valence-electron chi connectivity index (χ2n) is 6.93. The van der Waals surface area contributed by atoms with Crippen LogP contribution in [0.3, 0.4) is 0 Å². The highest BCUT2D eigenvalue weighted by atomic mass is 35.5. The first-order chi connectivity index (χ1) is 11.6. The van der Waals surface area contributed by atoms with Crippen molar-refractivity contribution in [3.63, 3.8) is 0 Å². The predicted octanol–water partition coefficient (Wildman–Crippen LogP) is 5.27. The average molecular weight is 342 g/mol. The summed E-state index contributed by atoms with van der Waals surface area (Å²) in [4.78, 5) is 13.0. The van der Waals surface area contributed by atoms with Crippen molar-refractivity contribution in [3.8, 4) is 0 Å². The summed E-state index contributed by atoms with van der Waals surface area (Å²) >= 11 is 5.99. The third kappa shape index (κ3) is 3.64. The first kappa shape index (κ1) is 17.0. The van der Waals surface area contributed by atoms with Crippen molar-refractivity contribution in [2.75, 3.05) is 0 Å². The van der Waals surface area contributed by atoms with E-state index in [1.807, 2.05) is 24.3 Å². The Labute approximate surface area is 149 Å². The zero-order chi connectivity index (χ0) is 17.1. The minimum Gasteiger partial charge on any atom is -0.349 e. The molecule has 1 N–H and O–H groups in total. The molecule has 0 aromatic heterocycles. The smallest absolute Gasteiger partial charge is 0.228 e. The molecule has 3 rings (SSSR count). The number of nitrogens with one attached hydrogen (secondary N) is 1. The maximum absolute atomic E-state index is 13.0. The van der Waals surface area contributed by atoms with Crippen LogP contribution in [0.2, 0.25) is 5.02 Å². The minimum absolute atomic E-state index is 0.106. The van der Waals surface area contributed by atoms with Crippen LogP contribution in [0.1, 0.15) is 55.3 Å². The summed E-state index contributed by atoms with van der Waals surface area (Å²) in [6.45, 7) is 4.18. The van der Waals surface area contributed by atoms with Gasteiger partial charge in [0.2, 0.25) is 5.91 Å². The molecule has 2 aromatic carbocycles. The summed E-state index contributed by atoms with van der Waals surface area (Å²) < 4.78 is 0. The van der Waals surface area contributed by atoms with Gasteiger partial charge in [0.1, 0.15) is 0 Å². The number of halogens is 1. The lowest BCUT2D eigenvalue weighted by Crippen LogP contribution is -2.36. The largest absolute Gasteiger partial charge is 0.349 e. The Morgan fingerprint density at radius 2 is 1.83 bits per heavy atom. The molecule has 1 amide bonds. The quantitative estimate of drug-likeness (QED) is 0.806. The number of fused-ring (bicyclic) bond motifs is 1. The van der Waals surface area contributed by atoms with Gasteiger partial charge in [-0.1, -0.05) is 61.8 Å². The Morgan fingerprint density at radius 1 is 1.12 bits per heavy atom. The molecule has 0 unspecified atom stereocenters. The normalized spacial score (nSPS) is 18.1. The number of hydrogen-bond donors (Lipinski definition) is 1. The van der Waals surface area contributed by atoms with E-state index in [9.17, 15) is 4.79 Å². The first-order valence-corrected chi connectivity index (χ1v) is 9.07. The van der Waals surface area contributed by atoms with Crippen LogP contribution >= 0.6 is 11.6 Å². The molecule has 24 heavy (non-hydrogen) atoms. The lowest BCUT2D eigenvalue weighted by atomic mass is 9.85. The van der Waals surface area contributed by atoms with E-state index in [0.717, 1.165) is 24.8 Å². The zero-order valence-corrected chi connectivity index (χ0v) is 15.0. The molecule has 2 atom stereocenters. The zero-order valence-electron chi connectivity index (χ0n) is 14.3. The van der Waals surface area contributed by atoms with E-state index < -0.39 is 0 Å². The molecule has 2 nitrogen and oxygen atoms in total. The summed E-state index contributed by atoms with van der Waals surface area (Å²) in [5.74, 6) is 0.176. The lowest BCUT2D eigenvalue weighted by Gasteiger charge is -2.29. The third-order valence-electron chi connectivity index (χ3n) is 4.86. The van der Waals surface area contributed by atoms with Crippen molar-refractivity contribution in [3.05, 3.63) is 70.2 Å².